The van der Waals surface area contributed by atoms with Crippen LogP contribution in [0.3, 0.4) is 0 Å². The number of nitrogens with zero attached hydrogens (tertiary/aromatic N) is 3. The second kappa shape index (κ2) is 6.49. The lowest BCUT2D eigenvalue weighted by molar-refractivity contribution is 0.448. The van der Waals surface area contributed by atoms with E-state index in [1.165, 1.54) is 26.2 Å². The first kappa shape index (κ1) is 18.8. The number of nitrogens with one attached hydrogen (secondary N) is 1. The number of sulfonamides is 1. The molecule has 1 saturated carbocycles. The summed E-state index contributed by atoms with van der Waals surface area (Å²) in [6.45, 7) is 0. The van der Waals surface area contributed by atoms with Gasteiger partial charge in [0.25, 0.3) is 0 Å². The molecule has 0 radical (unpaired) electrons. The summed E-state index contributed by atoms with van der Waals surface area (Å²) >= 11 is 0. The zero-order valence-electron chi connectivity index (χ0n) is 15.1. The molecule has 1 aliphatic carbocycles. The van der Waals surface area contributed by atoms with Gasteiger partial charge in [0.1, 0.15) is 0 Å². The van der Waals surface area contributed by atoms with E-state index in [0.29, 0.717) is 10.9 Å². The Kier molecular flexibility index (Phi) is 4.35. The lowest BCUT2D eigenvalue weighted by Crippen LogP contribution is -2.22. The Labute approximate surface area is 159 Å². The molecule has 0 bridgehead atoms. The van der Waals surface area contributed by atoms with Gasteiger partial charge in [-0.05, 0) is 31.0 Å². The lowest BCUT2D eigenvalue weighted by atomic mass is 10.2. The number of hydrogen-bond acceptors (Lipinski definition) is 4. The Morgan fingerprint density at radius 1 is 1.11 bits per heavy atom. The second-order valence-electron chi connectivity index (χ2n) is 6.87. The van der Waals surface area contributed by atoms with E-state index in [2.05, 4.69) is 10.4 Å². The molecule has 10 heteroatoms. The molecule has 6 nitrogen and oxygen atoms in total. The van der Waals surface area contributed by atoms with Gasteiger partial charge < -0.3 is 5.32 Å². The summed E-state index contributed by atoms with van der Waals surface area (Å²) < 4.78 is 68.1. The van der Waals surface area contributed by atoms with E-state index in [4.69, 9.17) is 0 Å². The van der Waals surface area contributed by atoms with Gasteiger partial charge in [-0.2, -0.15) is 5.10 Å². The maximum atomic E-state index is 13.5. The first-order valence-corrected chi connectivity index (χ1v) is 9.99. The van der Waals surface area contributed by atoms with E-state index in [1.54, 1.807) is 10.7 Å². The average Bonchev–Trinajstić information content (AvgIpc) is 3.42. The van der Waals surface area contributed by atoms with Gasteiger partial charge in [0.15, 0.2) is 23.3 Å². The normalized spacial score (nSPS) is 14.8. The summed E-state index contributed by atoms with van der Waals surface area (Å²) in [7, 11) is -0.820. The Morgan fingerprint density at radius 3 is 2.32 bits per heavy atom. The van der Waals surface area contributed by atoms with E-state index in [0.717, 1.165) is 29.3 Å². The van der Waals surface area contributed by atoms with Crippen LogP contribution in [-0.4, -0.2) is 36.6 Å². The summed E-state index contributed by atoms with van der Waals surface area (Å²) in [5.74, 6) is -3.98. The van der Waals surface area contributed by atoms with E-state index in [-0.39, 0.29) is 22.4 Å². The molecule has 2 aromatic carbocycles. The van der Waals surface area contributed by atoms with Crippen molar-refractivity contribution in [2.24, 2.45) is 0 Å². The molecule has 0 amide bonds. The summed E-state index contributed by atoms with van der Waals surface area (Å²) in [6.07, 6.45) is 1.88. The second-order valence-corrected chi connectivity index (χ2v) is 9.02. The van der Waals surface area contributed by atoms with Gasteiger partial charge in [0, 0.05) is 37.3 Å². The molecule has 28 heavy (non-hydrogen) atoms. The molecule has 1 aromatic heterocycles. The smallest absolute Gasteiger partial charge is 0.242 e. The SMILES string of the molecule is CN(C)S(=O)(=O)c1ccc2c(c1)c(Nc1cc(F)c(F)c(F)c1)nn2C1CC1. The number of hydrogen-bond donors (Lipinski definition) is 1. The molecule has 1 aliphatic rings. The largest absolute Gasteiger partial charge is 0.338 e. The van der Waals surface area contributed by atoms with Crippen molar-refractivity contribution in [3.05, 3.63) is 47.8 Å². The third-order valence-electron chi connectivity index (χ3n) is 4.60. The van der Waals surface area contributed by atoms with Crippen LogP contribution in [0.25, 0.3) is 10.9 Å². The standard InChI is InChI=1S/C18H17F3N4O2S/c1-24(2)28(26,27)12-5-6-16-13(9-12)18(23-25(16)11-3-4-11)22-10-7-14(19)17(21)15(20)8-10/h5-9,11H,3-4H2,1-2H3,(H,22,23). The van der Waals surface area contributed by atoms with E-state index < -0.39 is 27.5 Å². The lowest BCUT2D eigenvalue weighted by Gasteiger charge is -2.11. The number of benzene rings is 2. The number of aromatic nitrogens is 2. The minimum atomic E-state index is -3.67. The molecule has 1 N–H and O–H groups in total. The van der Waals surface area contributed by atoms with Gasteiger partial charge in [-0.15, -0.1) is 0 Å². The Balaban J connectivity index is 1.85. The maximum absolute atomic E-state index is 13.5. The van der Waals surface area contributed by atoms with Crippen molar-refractivity contribution in [1.82, 2.24) is 14.1 Å². The van der Waals surface area contributed by atoms with Crippen molar-refractivity contribution in [3.63, 3.8) is 0 Å². The Hall–Kier alpha value is -2.59. The number of rotatable bonds is 5. The summed E-state index contributed by atoms with van der Waals surface area (Å²) in [5, 5.41) is 7.72. The molecule has 0 saturated heterocycles. The van der Waals surface area contributed by atoms with E-state index >= 15 is 0 Å². The molecule has 1 fully saturated rings. The van der Waals surface area contributed by atoms with Crippen molar-refractivity contribution in [2.75, 3.05) is 19.4 Å². The van der Waals surface area contributed by atoms with Gasteiger partial charge in [-0.25, -0.2) is 25.9 Å². The maximum Gasteiger partial charge on any atom is 0.242 e. The zero-order chi connectivity index (χ0) is 20.2. The predicted molar refractivity (Wildman–Crippen MR) is 98.5 cm³/mol. The highest BCUT2D eigenvalue weighted by molar-refractivity contribution is 7.89. The van der Waals surface area contributed by atoms with E-state index in [9.17, 15) is 21.6 Å². The molecule has 1 heterocycles. The van der Waals surface area contributed by atoms with Crippen LogP contribution >= 0.6 is 0 Å². The topological polar surface area (TPSA) is 67.2 Å². The fourth-order valence-corrected chi connectivity index (χ4v) is 3.87. The van der Waals surface area contributed by atoms with Gasteiger partial charge in [-0.1, -0.05) is 0 Å². The average molecular weight is 410 g/mol. The van der Waals surface area contributed by atoms with E-state index in [1.807, 2.05) is 0 Å². The van der Waals surface area contributed by atoms with Gasteiger partial charge in [-0.3, -0.25) is 4.68 Å². The number of halogens is 3. The molecule has 4 rings (SSSR count). The summed E-state index contributed by atoms with van der Waals surface area (Å²) in [6, 6.07) is 6.46. The van der Waals surface area contributed by atoms with Crippen molar-refractivity contribution in [3.8, 4) is 0 Å². The van der Waals surface area contributed by atoms with Crippen molar-refractivity contribution < 1.29 is 21.6 Å². The first-order chi connectivity index (χ1) is 13.2. The third-order valence-corrected chi connectivity index (χ3v) is 6.41. The zero-order valence-corrected chi connectivity index (χ0v) is 15.9. The van der Waals surface area contributed by atoms with Crippen LogP contribution in [0.5, 0.6) is 0 Å². The van der Waals surface area contributed by atoms with Crippen LogP contribution in [0.2, 0.25) is 0 Å². The fraction of sp³-hybridized carbons (Fsp3) is 0.278. The Bertz CT molecular complexity index is 1160. The van der Waals surface area contributed by atoms with Gasteiger partial charge in [0.2, 0.25) is 10.0 Å². The molecule has 0 aliphatic heterocycles. The minimum absolute atomic E-state index is 0.0281. The van der Waals surface area contributed by atoms with Crippen LogP contribution < -0.4 is 5.32 Å². The monoisotopic (exact) mass is 410 g/mol. The van der Waals surface area contributed by atoms with Gasteiger partial charge in [0.05, 0.1) is 16.5 Å². The van der Waals surface area contributed by atoms with Gasteiger partial charge >= 0.3 is 0 Å². The Morgan fingerprint density at radius 2 is 1.75 bits per heavy atom. The quantitative estimate of drug-likeness (QED) is 0.650. The molecule has 0 unspecified atom stereocenters. The minimum Gasteiger partial charge on any atom is -0.338 e. The molecular weight excluding hydrogens is 393 g/mol. The van der Waals surface area contributed by atoms with Crippen molar-refractivity contribution in [1.29, 1.82) is 0 Å². The number of fused-ring (bicyclic) bond motifs is 1. The molecule has 0 atom stereocenters. The van der Waals surface area contributed by atoms with Crippen molar-refractivity contribution >= 4 is 32.4 Å². The molecular formula is C18H17F3N4O2S. The first-order valence-electron chi connectivity index (χ1n) is 8.55. The highest BCUT2D eigenvalue weighted by atomic mass is 32.2. The van der Waals surface area contributed by atoms with Crippen LogP contribution in [-0.2, 0) is 10.0 Å². The van der Waals surface area contributed by atoms with Crippen molar-refractivity contribution in [2.45, 2.75) is 23.8 Å². The molecule has 0 spiro atoms. The number of anilines is 2. The van der Waals surface area contributed by atoms with Crippen LogP contribution in [0.1, 0.15) is 18.9 Å². The fourth-order valence-electron chi connectivity index (χ4n) is 2.95. The highest BCUT2D eigenvalue weighted by Gasteiger charge is 2.28. The van der Waals surface area contributed by atoms with Crippen LogP contribution in [0.15, 0.2) is 35.2 Å². The summed E-state index contributed by atoms with van der Waals surface area (Å²) in [4.78, 5) is 0.0693. The third kappa shape index (κ3) is 3.12. The van der Waals surface area contributed by atoms with Crippen LogP contribution in [0, 0.1) is 17.5 Å². The molecule has 3 aromatic rings. The predicted octanol–water partition coefficient (Wildman–Crippen LogP) is 3.78. The summed E-state index contributed by atoms with van der Waals surface area (Å²) in [5.41, 5.74) is 0.672. The molecule has 148 valence electrons. The highest BCUT2D eigenvalue weighted by Crippen LogP contribution is 2.39. The van der Waals surface area contributed by atoms with Crippen LogP contribution in [0.4, 0.5) is 24.7 Å².